The Bertz CT molecular complexity index is 383. The molecule has 0 unspecified atom stereocenters. The quantitative estimate of drug-likeness (QED) is 0.769. The lowest BCUT2D eigenvalue weighted by Gasteiger charge is -2.42. The van der Waals surface area contributed by atoms with Gasteiger partial charge in [0.15, 0.2) is 0 Å². The van der Waals surface area contributed by atoms with Crippen molar-refractivity contribution < 1.29 is 4.74 Å². The summed E-state index contributed by atoms with van der Waals surface area (Å²) in [6.07, 6.45) is 3.04. The van der Waals surface area contributed by atoms with Crippen LogP contribution in [0.15, 0.2) is 30.3 Å². The van der Waals surface area contributed by atoms with Gasteiger partial charge in [0, 0.05) is 5.92 Å². The van der Waals surface area contributed by atoms with Crippen molar-refractivity contribution in [2.45, 2.75) is 29.9 Å². The molecule has 1 aromatic rings. The third-order valence-electron chi connectivity index (χ3n) is 3.83. The van der Waals surface area contributed by atoms with Gasteiger partial charge in [0.05, 0.1) is 16.8 Å². The molecule has 1 nitrogen and oxygen atoms in total. The molecule has 1 aromatic carbocycles. The Balaban J connectivity index is 1.96. The van der Waals surface area contributed by atoms with Gasteiger partial charge in [-0.3, -0.25) is 0 Å². The molecule has 2 atom stereocenters. The van der Waals surface area contributed by atoms with E-state index in [1.54, 1.807) is 0 Å². The highest BCUT2D eigenvalue weighted by Gasteiger charge is 2.49. The van der Waals surface area contributed by atoms with Gasteiger partial charge < -0.3 is 4.74 Å². The molecule has 0 saturated carbocycles. The highest BCUT2D eigenvalue weighted by atomic mass is 32.2. The summed E-state index contributed by atoms with van der Waals surface area (Å²) in [6.45, 7) is 3.28. The number of hydrogen-bond donors (Lipinski definition) is 0. The van der Waals surface area contributed by atoms with Gasteiger partial charge in [-0.05, 0) is 29.9 Å². The first kappa shape index (κ1) is 12.9. The molecule has 98 valence electrons. The van der Waals surface area contributed by atoms with Gasteiger partial charge >= 0.3 is 0 Å². The Morgan fingerprint density at radius 2 is 1.94 bits per heavy atom. The van der Waals surface area contributed by atoms with Crippen LogP contribution in [0.1, 0.15) is 25.3 Å². The predicted octanol–water partition coefficient (Wildman–Crippen LogP) is 4.13. The second kappa shape index (κ2) is 5.48. The monoisotopic (exact) mass is 280 g/mol. The Morgan fingerprint density at radius 3 is 2.50 bits per heavy atom. The molecule has 0 radical (unpaired) electrons. The van der Waals surface area contributed by atoms with Crippen LogP contribution in [0.25, 0.3) is 0 Å². The third-order valence-corrected chi connectivity index (χ3v) is 7.46. The fraction of sp³-hybridized carbons (Fsp3) is 0.600. The molecule has 18 heavy (non-hydrogen) atoms. The fourth-order valence-corrected chi connectivity index (χ4v) is 6.75. The summed E-state index contributed by atoms with van der Waals surface area (Å²) in [5.41, 5.74) is 1.49. The summed E-state index contributed by atoms with van der Waals surface area (Å²) in [7, 11) is 0. The van der Waals surface area contributed by atoms with Crippen molar-refractivity contribution in [2.75, 3.05) is 18.1 Å². The first-order chi connectivity index (χ1) is 8.87. The fourth-order valence-electron chi connectivity index (χ4n) is 2.88. The molecule has 2 aliphatic rings. The lowest BCUT2D eigenvalue weighted by Crippen LogP contribution is -2.35. The molecule has 0 N–H and O–H groups in total. The smallest absolute Gasteiger partial charge is 0.0913 e. The van der Waals surface area contributed by atoms with Crippen LogP contribution in [0, 0.1) is 5.92 Å². The maximum Gasteiger partial charge on any atom is 0.0913 e. The summed E-state index contributed by atoms with van der Waals surface area (Å²) < 4.78 is 5.87. The zero-order valence-corrected chi connectivity index (χ0v) is 12.4. The molecule has 0 aliphatic carbocycles. The normalized spacial score (nSPS) is 27.7. The van der Waals surface area contributed by atoms with Crippen LogP contribution in [0.5, 0.6) is 0 Å². The number of hydrogen-bond acceptors (Lipinski definition) is 3. The lowest BCUT2D eigenvalue weighted by atomic mass is 9.92. The van der Waals surface area contributed by atoms with E-state index >= 15 is 0 Å². The van der Waals surface area contributed by atoms with E-state index in [2.05, 4.69) is 60.8 Å². The van der Waals surface area contributed by atoms with Crippen LogP contribution >= 0.6 is 23.5 Å². The Kier molecular flexibility index (Phi) is 3.92. The first-order valence-corrected chi connectivity index (χ1v) is 8.79. The van der Waals surface area contributed by atoms with Crippen molar-refractivity contribution in [2.24, 2.45) is 5.92 Å². The van der Waals surface area contributed by atoms with E-state index in [4.69, 9.17) is 4.74 Å². The van der Waals surface area contributed by atoms with Crippen LogP contribution in [0.4, 0.5) is 0 Å². The van der Waals surface area contributed by atoms with Crippen LogP contribution in [0.2, 0.25) is 0 Å². The molecule has 0 bridgehead atoms. The van der Waals surface area contributed by atoms with Gasteiger partial charge in [0.25, 0.3) is 0 Å². The van der Waals surface area contributed by atoms with Crippen LogP contribution in [-0.4, -0.2) is 24.2 Å². The minimum absolute atomic E-state index is 0.232. The van der Waals surface area contributed by atoms with Gasteiger partial charge in [0.2, 0.25) is 0 Å². The zero-order valence-electron chi connectivity index (χ0n) is 10.8. The standard InChI is InChI=1S/C15H20OS2/c1-2-13(14-11-16-14)15(17-9-6-10-18-15)12-7-4-3-5-8-12/h3-5,7-8,13-14H,2,6,9-11H2,1H3/t13-,14+/m0/s1. The second-order valence-electron chi connectivity index (χ2n) is 4.97. The maximum atomic E-state index is 5.63. The van der Waals surface area contributed by atoms with E-state index in [1.165, 1.54) is 29.9 Å². The molecule has 3 rings (SSSR count). The molecule has 2 saturated heterocycles. The molecular weight excluding hydrogens is 260 g/mol. The molecule has 3 heteroatoms. The molecule has 2 aliphatic heterocycles. The Hall–Kier alpha value is -0.120. The van der Waals surface area contributed by atoms with Crippen LogP contribution < -0.4 is 0 Å². The molecule has 0 amide bonds. The largest absolute Gasteiger partial charge is 0.373 e. The number of ether oxygens (including phenoxy) is 1. The summed E-state index contributed by atoms with van der Waals surface area (Å²) in [5, 5.41) is 0. The number of epoxide rings is 1. The maximum absolute atomic E-state index is 5.63. The molecule has 0 spiro atoms. The summed E-state index contributed by atoms with van der Waals surface area (Å²) in [6, 6.07) is 11.1. The predicted molar refractivity (Wildman–Crippen MR) is 81.2 cm³/mol. The summed E-state index contributed by atoms with van der Waals surface area (Å²) >= 11 is 4.30. The number of rotatable bonds is 4. The van der Waals surface area contributed by atoms with Crippen molar-refractivity contribution >= 4 is 23.5 Å². The van der Waals surface area contributed by atoms with Gasteiger partial charge in [-0.1, -0.05) is 37.3 Å². The Labute approximate surface area is 118 Å². The van der Waals surface area contributed by atoms with Gasteiger partial charge in [0.1, 0.15) is 0 Å². The summed E-state index contributed by atoms with van der Waals surface area (Å²) in [4.78, 5) is 0. The van der Waals surface area contributed by atoms with E-state index in [0.29, 0.717) is 12.0 Å². The van der Waals surface area contributed by atoms with Gasteiger partial charge in [-0.15, -0.1) is 23.5 Å². The third kappa shape index (κ3) is 2.33. The minimum Gasteiger partial charge on any atom is -0.373 e. The minimum atomic E-state index is 0.232. The molecule has 2 heterocycles. The first-order valence-electron chi connectivity index (χ1n) is 6.82. The number of thioether (sulfide) groups is 2. The molecule has 0 aromatic heterocycles. The van der Waals surface area contributed by atoms with E-state index in [-0.39, 0.29) is 4.08 Å². The van der Waals surface area contributed by atoms with E-state index in [9.17, 15) is 0 Å². The van der Waals surface area contributed by atoms with Gasteiger partial charge in [-0.25, -0.2) is 0 Å². The van der Waals surface area contributed by atoms with E-state index in [1.807, 2.05) is 0 Å². The van der Waals surface area contributed by atoms with Crippen LogP contribution in [-0.2, 0) is 8.82 Å². The highest BCUT2D eigenvalue weighted by molar-refractivity contribution is 8.18. The van der Waals surface area contributed by atoms with Crippen molar-refractivity contribution in [1.29, 1.82) is 0 Å². The van der Waals surface area contributed by atoms with Crippen molar-refractivity contribution in [3.63, 3.8) is 0 Å². The molecular formula is C15H20OS2. The average Bonchev–Trinajstić information content (AvgIpc) is 3.26. The van der Waals surface area contributed by atoms with Crippen molar-refractivity contribution in [3.05, 3.63) is 35.9 Å². The SMILES string of the molecule is CC[C@@H]([C@H]1CO1)C1(c2ccccc2)SCCCS1. The van der Waals surface area contributed by atoms with E-state index in [0.717, 1.165) is 6.61 Å². The van der Waals surface area contributed by atoms with Crippen molar-refractivity contribution in [3.8, 4) is 0 Å². The summed E-state index contributed by atoms with van der Waals surface area (Å²) in [5.74, 6) is 3.21. The van der Waals surface area contributed by atoms with E-state index < -0.39 is 0 Å². The Morgan fingerprint density at radius 1 is 1.28 bits per heavy atom. The lowest BCUT2D eigenvalue weighted by molar-refractivity contribution is 0.306. The average molecular weight is 280 g/mol. The number of benzene rings is 1. The van der Waals surface area contributed by atoms with Crippen LogP contribution in [0.3, 0.4) is 0 Å². The van der Waals surface area contributed by atoms with Crippen molar-refractivity contribution in [1.82, 2.24) is 0 Å². The second-order valence-corrected chi connectivity index (χ2v) is 7.91. The zero-order chi connectivity index (χ0) is 12.4. The molecule has 2 fully saturated rings. The van der Waals surface area contributed by atoms with Gasteiger partial charge in [-0.2, -0.15) is 0 Å². The highest BCUT2D eigenvalue weighted by Crippen LogP contribution is 2.58. The topological polar surface area (TPSA) is 12.5 Å².